The molecular formula is C21H27ClN2O3S. The number of piperidine rings is 1. The molecule has 0 bridgehead atoms. The lowest BCUT2D eigenvalue weighted by Crippen LogP contribution is -2.38. The van der Waals surface area contributed by atoms with E-state index in [0.717, 1.165) is 32.5 Å². The van der Waals surface area contributed by atoms with Crippen LogP contribution in [0.1, 0.15) is 35.0 Å². The number of nitrogens with zero attached hydrogens (tertiary/aromatic N) is 1. The Morgan fingerprint density at radius 1 is 1.36 bits per heavy atom. The summed E-state index contributed by atoms with van der Waals surface area (Å²) in [5.41, 5.74) is 0.487. The first-order valence-corrected chi connectivity index (χ1v) is 10.9. The minimum atomic E-state index is -0.135. The monoisotopic (exact) mass is 422 g/mol. The molecule has 1 saturated heterocycles. The summed E-state index contributed by atoms with van der Waals surface area (Å²) in [4.78, 5) is 16.5. The Bertz CT molecular complexity index is 774. The standard InChI is InChI=1S/C21H27ClN2O3S/c1-3-27-20-18(22)11-16(12-19(20)26-2)21(25)23-13-15-6-8-24(9-7-15)14-17-5-4-10-28-17/h4-5,10-12,15H,3,6-9,13-14H2,1-2H3,(H,23,25). The van der Waals surface area contributed by atoms with Crippen LogP contribution in [0.15, 0.2) is 29.6 Å². The summed E-state index contributed by atoms with van der Waals surface area (Å²) in [6, 6.07) is 7.60. The Morgan fingerprint density at radius 3 is 2.79 bits per heavy atom. The second-order valence-electron chi connectivity index (χ2n) is 6.93. The maximum Gasteiger partial charge on any atom is 0.251 e. The molecule has 1 aromatic heterocycles. The molecule has 5 nitrogen and oxygen atoms in total. The summed E-state index contributed by atoms with van der Waals surface area (Å²) in [5.74, 6) is 1.32. The van der Waals surface area contributed by atoms with Gasteiger partial charge >= 0.3 is 0 Å². The van der Waals surface area contributed by atoms with E-state index in [4.69, 9.17) is 21.1 Å². The van der Waals surface area contributed by atoms with E-state index in [9.17, 15) is 4.79 Å². The molecule has 1 aliphatic rings. The SMILES string of the molecule is CCOc1c(Cl)cc(C(=O)NCC2CCN(Cc3cccs3)CC2)cc1OC. The Hall–Kier alpha value is -1.76. The minimum Gasteiger partial charge on any atom is -0.493 e. The van der Waals surface area contributed by atoms with E-state index in [1.165, 1.54) is 4.88 Å². The van der Waals surface area contributed by atoms with Crippen molar-refractivity contribution < 1.29 is 14.3 Å². The lowest BCUT2D eigenvalue weighted by atomic mass is 9.96. The first-order chi connectivity index (χ1) is 13.6. The van der Waals surface area contributed by atoms with Crippen molar-refractivity contribution in [2.45, 2.75) is 26.3 Å². The maximum absolute atomic E-state index is 12.6. The molecule has 0 saturated carbocycles. The van der Waals surface area contributed by atoms with Gasteiger partial charge in [0.1, 0.15) is 0 Å². The van der Waals surface area contributed by atoms with Crippen LogP contribution in [0.25, 0.3) is 0 Å². The normalized spacial score (nSPS) is 15.4. The van der Waals surface area contributed by atoms with Crippen LogP contribution in [0.3, 0.4) is 0 Å². The third-order valence-corrected chi connectivity index (χ3v) is 6.14. The van der Waals surface area contributed by atoms with Crippen molar-refractivity contribution in [3.8, 4) is 11.5 Å². The Balaban J connectivity index is 1.50. The first kappa shape index (κ1) is 21.0. The number of thiophene rings is 1. The van der Waals surface area contributed by atoms with Crippen molar-refractivity contribution in [1.82, 2.24) is 10.2 Å². The zero-order chi connectivity index (χ0) is 19.9. The zero-order valence-corrected chi connectivity index (χ0v) is 17.9. The van der Waals surface area contributed by atoms with Gasteiger partial charge < -0.3 is 14.8 Å². The highest BCUT2D eigenvalue weighted by Gasteiger charge is 2.21. The van der Waals surface area contributed by atoms with E-state index in [0.29, 0.717) is 41.2 Å². The molecule has 1 aliphatic heterocycles. The number of rotatable bonds is 8. The Morgan fingerprint density at radius 2 is 2.14 bits per heavy atom. The topological polar surface area (TPSA) is 50.8 Å². The fraction of sp³-hybridized carbons (Fsp3) is 0.476. The van der Waals surface area contributed by atoms with E-state index in [-0.39, 0.29) is 5.91 Å². The summed E-state index contributed by atoms with van der Waals surface area (Å²) in [7, 11) is 1.54. The number of halogens is 1. The molecule has 7 heteroatoms. The fourth-order valence-electron chi connectivity index (χ4n) is 3.45. The number of hydrogen-bond acceptors (Lipinski definition) is 5. The van der Waals surface area contributed by atoms with Gasteiger partial charge in [-0.2, -0.15) is 0 Å². The fourth-order valence-corrected chi connectivity index (χ4v) is 4.46. The van der Waals surface area contributed by atoms with Gasteiger partial charge in [0.2, 0.25) is 0 Å². The highest BCUT2D eigenvalue weighted by molar-refractivity contribution is 7.09. The number of ether oxygens (including phenoxy) is 2. The summed E-state index contributed by atoms with van der Waals surface area (Å²) < 4.78 is 10.8. The predicted molar refractivity (Wildman–Crippen MR) is 114 cm³/mol. The lowest BCUT2D eigenvalue weighted by Gasteiger charge is -2.31. The van der Waals surface area contributed by atoms with E-state index in [1.807, 2.05) is 18.3 Å². The van der Waals surface area contributed by atoms with Gasteiger partial charge in [0, 0.05) is 23.5 Å². The van der Waals surface area contributed by atoms with Crippen LogP contribution in [0.2, 0.25) is 5.02 Å². The molecular weight excluding hydrogens is 396 g/mol. The number of carbonyl (C=O) groups is 1. The van der Waals surface area contributed by atoms with E-state index >= 15 is 0 Å². The van der Waals surface area contributed by atoms with Crippen LogP contribution < -0.4 is 14.8 Å². The van der Waals surface area contributed by atoms with Gasteiger partial charge in [0.15, 0.2) is 11.5 Å². The summed E-state index contributed by atoms with van der Waals surface area (Å²) in [6.45, 7) is 6.21. The Labute approximate surface area is 175 Å². The number of amides is 1. The van der Waals surface area contributed by atoms with Crippen molar-refractivity contribution in [1.29, 1.82) is 0 Å². The maximum atomic E-state index is 12.6. The third-order valence-electron chi connectivity index (χ3n) is 5.00. The van der Waals surface area contributed by atoms with E-state index in [2.05, 4.69) is 27.7 Å². The molecule has 1 N–H and O–H groups in total. The van der Waals surface area contributed by atoms with Gasteiger partial charge in [-0.3, -0.25) is 9.69 Å². The second-order valence-corrected chi connectivity index (χ2v) is 8.37. The van der Waals surface area contributed by atoms with Gasteiger partial charge in [0.25, 0.3) is 5.91 Å². The highest BCUT2D eigenvalue weighted by atomic mass is 35.5. The lowest BCUT2D eigenvalue weighted by molar-refractivity contribution is 0.0935. The number of benzene rings is 1. The molecule has 0 unspecified atom stereocenters. The largest absolute Gasteiger partial charge is 0.493 e. The average Bonchev–Trinajstić information content (AvgIpc) is 3.21. The highest BCUT2D eigenvalue weighted by Crippen LogP contribution is 2.36. The summed E-state index contributed by atoms with van der Waals surface area (Å²) in [5, 5.41) is 5.56. The molecule has 0 atom stereocenters. The van der Waals surface area contributed by atoms with Crippen LogP contribution in [-0.2, 0) is 6.54 Å². The Kier molecular flexibility index (Phi) is 7.59. The van der Waals surface area contributed by atoms with Crippen LogP contribution in [0.4, 0.5) is 0 Å². The molecule has 3 rings (SSSR count). The van der Waals surface area contributed by atoms with Crippen molar-refractivity contribution >= 4 is 28.8 Å². The van der Waals surface area contributed by atoms with Crippen molar-refractivity contribution in [3.05, 3.63) is 45.1 Å². The van der Waals surface area contributed by atoms with Gasteiger partial charge in [-0.1, -0.05) is 17.7 Å². The van der Waals surface area contributed by atoms with Gasteiger partial charge in [0.05, 0.1) is 18.7 Å². The average molecular weight is 423 g/mol. The molecule has 152 valence electrons. The van der Waals surface area contributed by atoms with Crippen LogP contribution in [0.5, 0.6) is 11.5 Å². The molecule has 28 heavy (non-hydrogen) atoms. The number of likely N-dealkylation sites (tertiary alicyclic amines) is 1. The van der Waals surface area contributed by atoms with Crippen molar-refractivity contribution in [2.75, 3.05) is 33.4 Å². The predicted octanol–water partition coefficient (Wildman–Crippen LogP) is 4.45. The summed E-state index contributed by atoms with van der Waals surface area (Å²) in [6.07, 6.45) is 2.19. The summed E-state index contributed by atoms with van der Waals surface area (Å²) >= 11 is 8.08. The molecule has 0 spiro atoms. The molecule has 1 fully saturated rings. The van der Waals surface area contributed by atoms with Crippen LogP contribution >= 0.6 is 22.9 Å². The number of methoxy groups -OCH3 is 1. The second kappa shape index (κ2) is 10.1. The molecule has 2 aromatic rings. The molecule has 2 heterocycles. The van der Waals surface area contributed by atoms with E-state index < -0.39 is 0 Å². The van der Waals surface area contributed by atoms with Crippen LogP contribution in [-0.4, -0.2) is 44.2 Å². The number of carbonyl (C=O) groups excluding carboxylic acids is 1. The number of nitrogens with one attached hydrogen (secondary N) is 1. The smallest absolute Gasteiger partial charge is 0.251 e. The first-order valence-electron chi connectivity index (χ1n) is 9.64. The van der Waals surface area contributed by atoms with Crippen molar-refractivity contribution in [2.24, 2.45) is 5.92 Å². The van der Waals surface area contributed by atoms with Crippen LogP contribution in [0, 0.1) is 5.92 Å². The van der Waals surface area contributed by atoms with Gasteiger partial charge in [-0.25, -0.2) is 0 Å². The molecule has 0 radical (unpaired) electrons. The van der Waals surface area contributed by atoms with Gasteiger partial charge in [-0.05, 0) is 62.4 Å². The van der Waals surface area contributed by atoms with Crippen molar-refractivity contribution in [3.63, 3.8) is 0 Å². The molecule has 0 aliphatic carbocycles. The quantitative estimate of drug-likeness (QED) is 0.682. The zero-order valence-electron chi connectivity index (χ0n) is 16.4. The number of hydrogen-bond donors (Lipinski definition) is 1. The van der Waals surface area contributed by atoms with E-state index in [1.54, 1.807) is 19.2 Å². The third kappa shape index (κ3) is 5.40. The minimum absolute atomic E-state index is 0.135. The molecule has 1 aromatic carbocycles. The van der Waals surface area contributed by atoms with Gasteiger partial charge in [-0.15, -0.1) is 11.3 Å². The molecule has 1 amide bonds.